The van der Waals surface area contributed by atoms with Crippen molar-refractivity contribution in [1.29, 1.82) is 0 Å². The van der Waals surface area contributed by atoms with Gasteiger partial charge in [-0.2, -0.15) is 0 Å². The third-order valence-corrected chi connectivity index (χ3v) is 0.945. The molecule has 0 aromatic carbocycles. The van der Waals surface area contributed by atoms with E-state index in [4.69, 9.17) is 13.7 Å². The van der Waals surface area contributed by atoms with Crippen molar-refractivity contribution >= 4 is 7.82 Å². The van der Waals surface area contributed by atoms with Gasteiger partial charge in [-0.1, -0.05) is 0 Å². The van der Waals surface area contributed by atoms with Crippen molar-refractivity contribution in [2.75, 3.05) is 13.1 Å². The molecule has 0 rings (SSSR count). The Labute approximate surface area is 96.9 Å². The first-order valence-corrected chi connectivity index (χ1v) is 3.10. The number of rotatable bonds is 4. The molecule has 0 aromatic heterocycles. The minimum atomic E-state index is -5.85. The van der Waals surface area contributed by atoms with Crippen LogP contribution in [0.3, 0.4) is 0 Å². The summed E-state index contributed by atoms with van der Waals surface area (Å²) in [7, 11) is -5.85. The molecule has 0 amide bonds. The normalized spacial score (nSPS) is 30.9. The molecule has 0 atom stereocenters. The summed E-state index contributed by atoms with van der Waals surface area (Å²) in [6, 6.07) is 0. The van der Waals surface area contributed by atoms with E-state index in [1.165, 1.54) is 0 Å². The van der Waals surface area contributed by atoms with E-state index in [9.17, 15) is 9.46 Å². The van der Waals surface area contributed by atoms with Crippen LogP contribution in [0.4, 0.5) is 0 Å². The van der Waals surface area contributed by atoms with Crippen molar-refractivity contribution in [2.24, 2.45) is 0 Å². The quantitative estimate of drug-likeness (QED) is 0.360. The Morgan fingerprint density at radius 2 is 2.00 bits per heavy atom. The van der Waals surface area contributed by atoms with E-state index in [-0.39, 0.29) is 29.6 Å². The Morgan fingerprint density at radius 1 is 1.60 bits per heavy atom. The zero-order valence-electron chi connectivity index (χ0n) is 15.1. The Balaban J connectivity index is 0. The first-order valence-electron chi connectivity index (χ1n) is 6.64. The van der Waals surface area contributed by atoms with E-state index in [2.05, 4.69) is 9.05 Å². The van der Waals surface area contributed by atoms with Gasteiger partial charge in [-0.05, 0) is 13.7 Å². The van der Waals surface area contributed by atoms with Crippen molar-refractivity contribution in [2.45, 2.75) is 13.7 Å². The first kappa shape index (κ1) is 3.11. The Hall–Kier alpha value is 1.11. The van der Waals surface area contributed by atoms with Crippen molar-refractivity contribution in [3.63, 3.8) is 0 Å². The molecule has 0 aliphatic carbocycles. The van der Waals surface area contributed by atoms with Gasteiger partial charge in [-0.25, -0.2) is 0 Å². The standard InChI is InChI=1S/C4H11O4P.Na/c1-3-7-9(5,6)8-4-2;/h3-4H2,1-2H3,(H,5,6);/q;+1/p-1/i1D3,2D3,3D2,4D2;. The summed E-state index contributed by atoms with van der Waals surface area (Å²) in [6.45, 7) is -14.4. The summed E-state index contributed by atoms with van der Waals surface area (Å²) in [5.74, 6) is 0. The summed E-state index contributed by atoms with van der Waals surface area (Å²) in [5, 5.41) is 0. The Bertz CT molecular complexity index is 344. The molecule has 0 aromatic rings. The molecule has 0 bridgehead atoms. The van der Waals surface area contributed by atoms with Gasteiger partial charge in [0.1, 0.15) is 0 Å². The average molecular weight is 186 g/mol. The van der Waals surface area contributed by atoms with Crippen LogP contribution in [0.2, 0.25) is 0 Å². The predicted molar refractivity (Wildman–Crippen MR) is 30.9 cm³/mol. The second-order valence-electron chi connectivity index (χ2n) is 0.834. The third-order valence-electron chi connectivity index (χ3n) is 0.315. The van der Waals surface area contributed by atoms with Gasteiger partial charge in [-0.3, -0.25) is 4.57 Å². The molecule has 0 saturated heterocycles. The molecule has 0 unspecified atom stereocenters. The predicted octanol–water partition coefficient (Wildman–Crippen LogP) is -2.47. The fourth-order valence-electron chi connectivity index (χ4n) is 0.130. The monoisotopic (exact) mass is 186 g/mol. The second kappa shape index (κ2) is 6.80. The Kier molecular flexibility index (Phi) is 2.11. The van der Waals surface area contributed by atoms with Crippen molar-refractivity contribution in [3.8, 4) is 0 Å². The molecule has 0 radical (unpaired) electrons. The number of phosphoric ester groups is 1. The van der Waals surface area contributed by atoms with E-state index in [1.807, 2.05) is 0 Å². The molecule has 0 fully saturated rings. The third kappa shape index (κ3) is 7.22. The summed E-state index contributed by atoms with van der Waals surface area (Å²) < 4.78 is 85.9. The maximum atomic E-state index is 11.2. The fraction of sp³-hybridized carbons (Fsp3) is 1.00. The summed E-state index contributed by atoms with van der Waals surface area (Å²) in [6.07, 6.45) is 0. The van der Waals surface area contributed by atoms with Gasteiger partial charge >= 0.3 is 29.6 Å². The first-order chi connectivity index (χ1) is 7.91. The van der Waals surface area contributed by atoms with E-state index in [0.717, 1.165) is 0 Å². The largest absolute Gasteiger partial charge is 1.00 e. The molecule has 0 aliphatic heterocycles. The van der Waals surface area contributed by atoms with Gasteiger partial charge in [-0.15, -0.1) is 0 Å². The van der Waals surface area contributed by atoms with Crippen LogP contribution in [0.1, 0.15) is 27.4 Å². The molecule has 0 heterocycles. The number of hydrogen-bond donors (Lipinski definition) is 0. The average Bonchev–Trinajstić information content (AvgIpc) is 1.93. The molecule has 0 aliphatic rings. The van der Waals surface area contributed by atoms with Crippen molar-refractivity contribution in [3.05, 3.63) is 0 Å². The maximum absolute atomic E-state index is 11.2. The van der Waals surface area contributed by atoms with Crippen LogP contribution in [0, 0.1) is 0 Å². The zero-order chi connectivity index (χ0) is 15.9. The minimum absolute atomic E-state index is 0. The van der Waals surface area contributed by atoms with Gasteiger partial charge in [0.05, 0.1) is 18.6 Å². The number of hydrogen-bond acceptors (Lipinski definition) is 4. The van der Waals surface area contributed by atoms with Gasteiger partial charge in [0, 0.05) is 8.22 Å². The van der Waals surface area contributed by atoms with Crippen LogP contribution >= 0.6 is 7.82 Å². The van der Waals surface area contributed by atoms with Crippen LogP contribution in [-0.2, 0) is 13.6 Å². The van der Waals surface area contributed by atoms with E-state index >= 15 is 0 Å². The second-order valence-corrected chi connectivity index (χ2v) is 2.09. The molecular weight excluding hydrogens is 166 g/mol. The smallest absolute Gasteiger partial charge is 0.756 e. The van der Waals surface area contributed by atoms with Gasteiger partial charge in [0.25, 0.3) is 7.82 Å². The van der Waals surface area contributed by atoms with Crippen LogP contribution in [0.25, 0.3) is 0 Å². The van der Waals surface area contributed by atoms with Crippen LogP contribution in [-0.4, -0.2) is 13.1 Å². The van der Waals surface area contributed by atoms with Crippen LogP contribution < -0.4 is 34.5 Å². The zero-order valence-corrected chi connectivity index (χ0v) is 7.97. The topological polar surface area (TPSA) is 58.6 Å². The summed E-state index contributed by atoms with van der Waals surface area (Å²) in [4.78, 5) is 11.2. The van der Waals surface area contributed by atoms with Crippen LogP contribution in [0.5, 0.6) is 0 Å². The van der Waals surface area contributed by atoms with Crippen molar-refractivity contribution < 1.29 is 61.8 Å². The maximum Gasteiger partial charge on any atom is 1.00 e. The van der Waals surface area contributed by atoms with Crippen molar-refractivity contribution in [1.82, 2.24) is 0 Å². The fourth-order valence-corrected chi connectivity index (χ4v) is 0.391. The molecule has 0 saturated carbocycles. The molecule has 6 heteroatoms. The van der Waals surface area contributed by atoms with Crippen LogP contribution in [0.15, 0.2) is 0 Å². The van der Waals surface area contributed by atoms with E-state index in [1.54, 1.807) is 0 Å². The number of phosphoric acid groups is 1. The molecular formula is C4H10NaO4P. The van der Waals surface area contributed by atoms with E-state index < -0.39 is 34.6 Å². The summed E-state index contributed by atoms with van der Waals surface area (Å²) >= 11 is 0. The van der Waals surface area contributed by atoms with E-state index in [0.29, 0.717) is 0 Å². The van der Waals surface area contributed by atoms with Gasteiger partial charge < -0.3 is 13.9 Å². The molecule has 10 heavy (non-hydrogen) atoms. The molecule has 0 N–H and O–H groups in total. The van der Waals surface area contributed by atoms with Gasteiger partial charge in [0.2, 0.25) is 0 Å². The molecule has 56 valence electrons. The molecule has 4 nitrogen and oxygen atoms in total. The van der Waals surface area contributed by atoms with Gasteiger partial charge in [0.15, 0.2) is 0 Å². The SMILES string of the molecule is [2H]C([2H])([2H])C([2H])([2H])OP(=O)([O-])OC([2H])([2H])C([2H])([2H])[2H].[Na+]. The summed E-state index contributed by atoms with van der Waals surface area (Å²) in [5.41, 5.74) is 0. The molecule has 0 spiro atoms. The Morgan fingerprint density at radius 3 is 2.30 bits per heavy atom. The minimum Gasteiger partial charge on any atom is -0.756 e.